The molecule has 1 aliphatic carbocycles. The fraction of sp³-hybridized carbons (Fsp3) is 0.625. The predicted molar refractivity (Wildman–Crippen MR) is 35.3 cm³/mol. The molecular formula is C8H12. The molecule has 0 fully saturated rings. The highest BCUT2D eigenvalue weighted by Gasteiger charge is 2.13. The second-order valence-corrected chi connectivity index (χ2v) is 2.56. The summed E-state index contributed by atoms with van der Waals surface area (Å²) >= 11 is 0. The van der Waals surface area contributed by atoms with E-state index in [-0.39, 0.29) is 0 Å². The summed E-state index contributed by atoms with van der Waals surface area (Å²) in [6.45, 7) is 7.74. The quantitative estimate of drug-likeness (QED) is 0.452. The summed E-state index contributed by atoms with van der Waals surface area (Å²) in [5.74, 6) is 1.11. The third-order valence-electron chi connectivity index (χ3n) is 1.79. The van der Waals surface area contributed by atoms with Crippen LogP contribution in [0.1, 0.15) is 19.8 Å². The van der Waals surface area contributed by atoms with Crippen LogP contribution in [0.3, 0.4) is 0 Å². The second kappa shape index (κ2) is 2.34. The van der Waals surface area contributed by atoms with E-state index < -0.39 is 0 Å². The first-order valence-electron chi connectivity index (χ1n) is 3.21. The molecule has 0 nitrogen and oxygen atoms in total. The summed E-state index contributed by atoms with van der Waals surface area (Å²) in [4.78, 5) is 0. The Morgan fingerprint density at radius 3 is 2.25 bits per heavy atom. The first kappa shape index (κ1) is 5.87. The topological polar surface area (TPSA) is 0 Å². The predicted octanol–water partition coefficient (Wildman–Crippen LogP) is 2.30. The van der Waals surface area contributed by atoms with Gasteiger partial charge in [-0.1, -0.05) is 19.1 Å². The van der Waals surface area contributed by atoms with E-state index in [9.17, 15) is 0 Å². The number of hydrogen-bond acceptors (Lipinski definition) is 0. The molecule has 0 saturated carbocycles. The van der Waals surface area contributed by atoms with E-state index in [1.165, 1.54) is 12.8 Å². The summed E-state index contributed by atoms with van der Waals surface area (Å²) in [6.07, 6.45) is 6.82. The molecule has 0 amide bonds. The Labute approximate surface area is 51.6 Å². The maximum Gasteiger partial charge on any atom is -0.0316 e. The molecule has 0 aromatic carbocycles. The lowest BCUT2D eigenvalue weighted by molar-refractivity contribution is 0.446. The molecule has 44 valence electrons. The highest BCUT2D eigenvalue weighted by Crippen LogP contribution is 2.24. The lowest BCUT2D eigenvalue weighted by atomic mass is 9.94. The molecule has 0 aromatic heterocycles. The molecule has 0 saturated heterocycles. The van der Waals surface area contributed by atoms with Gasteiger partial charge in [-0.05, 0) is 31.6 Å². The maximum absolute atomic E-state index is 5.66. The van der Waals surface area contributed by atoms with Gasteiger partial charge in [0, 0.05) is 0 Å². The molecular weight excluding hydrogens is 96.1 g/mol. The van der Waals surface area contributed by atoms with Gasteiger partial charge in [0.1, 0.15) is 0 Å². The van der Waals surface area contributed by atoms with Crippen LogP contribution in [0.4, 0.5) is 0 Å². The van der Waals surface area contributed by atoms with Gasteiger partial charge in [-0.2, -0.15) is 0 Å². The first-order chi connectivity index (χ1) is 3.80. The lowest BCUT2D eigenvalue weighted by Crippen LogP contribution is -2.02. The highest BCUT2D eigenvalue weighted by atomic mass is 14.2. The van der Waals surface area contributed by atoms with Crippen LogP contribution in [0.15, 0.2) is 12.2 Å². The third-order valence-corrected chi connectivity index (χ3v) is 1.79. The van der Waals surface area contributed by atoms with Crippen LogP contribution < -0.4 is 0 Å². The van der Waals surface area contributed by atoms with E-state index in [0.29, 0.717) is 5.92 Å². The largest absolute Gasteiger partial charge is 0.0882 e. The Morgan fingerprint density at radius 2 is 2.00 bits per heavy atom. The van der Waals surface area contributed by atoms with Crippen molar-refractivity contribution in [2.24, 2.45) is 11.8 Å². The zero-order chi connectivity index (χ0) is 5.98. The molecule has 1 rings (SSSR count). The van der Waals surface area contributed by atoms with Crippen molar-refractivity contribution in [3.05, 3.63) is 19.1 Å². The van der Waals surface area contributed by atoms with Crippen molar-refractivity contribution in [1.29, 1.82) is 0 Å². The zero-order valence-electron chi connectivity index (χ0n) is 5.30. The van der Waals surface area contributed by atoms with Gasteiger partial charge in [0.25, 0.3) is 0 Å². The molecule has 0 aromatic rings. The lowest BCUT2D eigenvalue weighted by Gasteiger charge is -2.11. The van der Waals surface area contributed by atoms with Crippen LogP contribution in [0.25, 0.3) is 0 Å². The minimum atomic E-state index is 0.380. The van der Waals surface area contributed by atoms with Gasteiger partial charge < -0.3 is 0 Å². The van der Waals surface area contributed by atoms with E-state index in [1.54, 1.807) is 0 Å². The number of hydrogen-bond donors (Lipinski definition) is 0. The zero-order valence-corrected chi connectivity index (χ0v) is 5.30. The monoisotopic (exact) mass is 108 g/mol. The van der Waals surface area contributed by atoms with Gasteiger partial charge in [-0.25, -0.2) is 0 Å². The molecule has 0 N–H and O–H groups in total. The van der Waals surface area contributed by atoms with Crippen molar-refractivity contribution in [3.8, 4) is 0 Å². The minimum Gasteiger partial charge on any atom is -0.0882 e. The number of allylic oxidation sites excluding steroid dienone is 2. The van der Waals surface area contributed by atoms with Gasteiger partial charge in [-0.3, -0.25) is 0 Å². The average molecular weight is 108 g/mol. The van der Waals surface area contributed by atoms with Gasteiger partial charge in [-0.15, -0.1) is 0 Å². The van der Waals surface area contributed by atoms with Crippen molar-refractivity contribution < 1.29 is 0 Å². The van der Waals surface area contributed by atoms with Crippen LogP contribution in [0, 0.1) is 18.8 Å². The molecule has 1 atom stereocenters. The fourth-order valence-corrected chi connectivity index (χ4v) is 1.07. The van der Waals surface area contributed by atoms with Crippen molar-refractivity contribution in [1.82, 2.24) is 0 Å². The maximum atomic E-state index is 5.66. The van der Waals surface area contributed by atoms with Crippen LogP contribution in [0.2, 0.25) is 0 Å². The molecule has 2 radical (unpaired) electrons. The smallest absolute Gasteiger partial charge is 0.0316 e. The second-order valence-electron chi connectivity index (χ2n) is 2.56. The third kappa shape index (κ3) is 1.12. The standard InChI is InChI=1S/C8H12/c1-7(2)8-5-3-4-6-8/h1,3-4,7-8H,5-6H2,2H3. The summed E-state index contributed by atoms with van der Waals surface area (Å²) in [5, 5.41) is 0. The van der Waals surface area contributed by atoms with Crippen molar-refractivity contribution >= 4 is 0 Å². The molecule has 0 bridgehead atoms. The van der Waals surface area contributed by atoms with Crippen molar-refractivity contribution in [2.45, 2.75) is 19.8 Å². The number of rotatable bonds is 1. The van der Waals surface area contributed by atoms with Crippen molar-refractivity contribution in [2.75, 3.05) is 0 Å². The van der Waals surface area contributed by atoms with Crippen LogP contribution >= 0.6 is 0 Å². The molecule has 1 aliphatic rings. The normalized spacial score (nSPS) is 20.9. The Morgan fingerprint density at radius 1 is 1.50 bits per heavy atom. The van der Waals surface area contributed by atoms with Crippen molar-refractivity contribution in [3.63, 3.8) is 0 Å². The van der Waals surface area contributed by atoms with Gasteiger partial charge in [0.2, 0.25) is 0 Å². The molecule has 0 aliphatic heterocycles. The van der Waals surface area contributed by atoms with E-state index in [0.717, 1.165) is 5.92 Å². The molecule has 0 heteroatoms. The Kier molecular flexibility index (Phi) is 1.72. The Hall–Kier alpha value is -0.260. The van der Waals surface area contributed by atoms with E-state index >= 15 is 0 Å². The molecule has 8 heavy (non-hydrogen) atoms. The van der Waals surface area contributed by atoms with E-state index in [2.05, 4.69) is 19.1 Å². The minimum absolute atomic E-state index is 0.380. The summed E-state index contributed by atoms with van der Waals surface area (Å²) in [5.41, 5.74) is 0. The van der Waals surface area contributed by atoms with Gasteiger partial charge in [0.05, 0.1) is 0 Å². The van der Waals surface area contributed by atoms with Gasteiger partial charge in [0.15, 0.2) is 0 Å². The van der Waals surface area contributed by atoms with Gasteiger partial charge >= 0.3 is 0 Å². The van der Waals surface area contributed by atoms with E-state index in [4.69, 9.17) is 6.92 Å². The highest BCUT2D eigenvalue weighted by molar-refractivity contribution is 4.95. The fourth-order valence-electron chi connectivity index (χ4n) is 1.07. The Bertz CT molecular complexity index is 82.2. The molecule has 1 unspecified atom stereocenters. The summed E-state index contributed by atoms with van der Waals surface area (Å²) in [6, 6.07) is 0. The molecule has 0 spiro atoms. The van der Waals surface area contributed by atoms with Crippen LogP contribution in [-0.4, -0.2) is 0 Å². The summed E-state index contributed by atoms with van der Waals surface area (Å²) in [7, 11) is 0. The first-order valence-corrected chi connectivity index (χ1v) is 3.21. The average Bonchev–Trinajstić information content (AvgIpc) is 2.12. The van der Waals surface area contributed by atoms with E-state index in [1.807, 2.05) is 0 Å². The SMILES string of the molecule is [CH]C(C)C1CC=CC1. The van der Waals surface area contributed by atoms with Crippen LogP contribution in [0.5, 0.6) is 0 Å². The molecule has 0 heterocycles. The summed E-state index contributed by atoms with van der Waals surface area (Å²) < 4.78 is 0. The van der Waals surface area contributed by atoms with Crippen LogP contribution in [-0.2, 0) is 0 Å². The Balaban J connectivity index is 2.29.